The van der Waals surface area contributed by atoms with E-state index in [2.05, 4.69) is 25.7 Å². The van der Waals surface area contributed by atoms with E-state index >= 15 is 0 Å². The molecule has 1 saturated carbocycles. The molecule has 0 saturated heterocycles. The Kier molecular flexibility index (Phi) is 7.17. The molecule has 0 radical (unpaired) electrons. The zero-order chi connectivity index (χ0) is 28.6. The first-order valence-corrected chi connectivity index (χ1v) is 12.2. The smallest absolute Gasteiger partial charge is 0.390 e. The van der Waals surface area contributed by atoms with Crippen LogP contribution in [0.15, 0.2) is 36.5 Å². The number of methoxy groups -OCH3 is 1. The Bertz CT molecular complexity index is 1590. The van der Waals surface area contributed by atoms with Gasteiger partial charge in [0.2, 0.25) is 11.6 Å². The topological polar surface area (TPSA) is 103 Å². The zero-order valence-corrected chi connectivity index (χ0v) is 21.3. The maximum absolute atomic E-state index is 14.6. The molecule has 2 heterocycles. The number of halogens is 5. The largest absolute Gasteiger partial charge is 0.494 e. The molecule has 0 atom stereocenters. The molecule has 9 nitrogen and oxygen atoms in total. The van der Waals surface area contributed by atoms with Crippen molar-refractivity contribution in [3.05, 3.63) is 59.3 Å². The monoisotopic (exact) mass is 562 g/mol. The van der Waals surface area contributed by atoms with E-state index in [1.165, 1.54) is 17.8 Å². The lowest BCUT2D eigenvalue weighted by atomic mass is 10.0. The van der Waals surface area contributed by atoms with Crippen LogP contribution in [-0.2, 0) is 0 Å². The Balaban J connectivity index is 1.53. The minimum atomic E-state index is -4.43. The molecule has 1 fully saturated rings. The first-order chi connectivity index (χ1) is 19.0. The maximum atomic E-state index is 14.6. The van der Waals surface area contributed by atoms with Gasteiger partial charge in [0.1, 0.15) is 0 Å². The van der Waals surface area contributed by atoms with Crippen molar-refractivity contribution in [1.29, 1.82) is 0 Å². The summed E-state index contributed by atoms with van der Waals surface area (Å²) in [6, 6.07) is 7.01. The summed E-state index contributed by atoms with van der Waals surface area (Å²) in [5.41, 5.74) is 2.21. The van der Waals surface area contributed by atoms with E-state index < -0.39 is 42.5 Å². The Labute approximate surface area is 224 Å². The number of aromatic nitrogens is 4. The fraction of sp³-hybridized carbons (Fsp3) is 0.308. The molecule has 2 aromatic carbocycles. The van der Waals surface area contributed by atoms with Crippen molar-refractivity contribution >= 4 is 17.4 Å². The van der Waals surface area contributed by atoms with Crippen LogP contribution in [0.1, 0.15) is 35.2 Å². The number of aryl methyl sites for hydroxylation is 1. The molecule has 0 bridgehead atoms. The highest BCUT2D eigenvalue weighted by atomic mass is 19.4. The molecule has 1 amide bonds. The predicted octanol–water partition coefficient (Wildman–Crippen LogP) is 5.44. The second-order valence-corrected chi connectivity index (χ2v) is 9.19. The van der Waals surface area contributed by atoms with Crippen molar-refractivity contribution in [2.45, 2.75) is 38.4 Å². The predicted molar refractivity (Wildman–Crippen MR) is 134 cm³/mol. The molecule has 14 heteroatoms. The summed E-state index contributed by atoms with van der Waals surface area (Å²) in [5, 5.41) is 9.73. The molecule has 40 heavy (non-hydrogen) atoms. The lowest BCUT2D eigenvalue weighted by Gasteiger charge is -2.13. The molecule has 210 valence electrons. The van der Waals surface area contributed by atoms with Gasteiger partial charge in [-0.15, -0.1) is 5.10 Å². The highest BCUT2D eigenvalue weighted by Crippen LogP contribution is 2.32. The standard InChI is InChI=1S/C26H23F5N6O3/c1-13-11-14(3-6-16(13)24(38)34-15-4-5-15)17-12-33-23-22(32-10-9-26(29,30)31)35-25(36-37(17)23)40-19-8-7-18(39-2)20(27)21(19)28/h3,6-8,11-12,15H,4-5,9-10H2,1-2H3,(H,34,38)(H,32,35,36). The van der Waals surface area contributed by atoms with E-state index in [4.69, 9.17) is 9.47 Å². The average Bonchev–Trinajstić information content (AvgIpc) is 3.61. The van der Waals surface area contributed by atoms with Crippen molar-refractivity contribution in [3.8, 4) is 28.8 Å². The number of hydrogen-bond acceptors (Lipinski definition) is 7. The minimum absolute atomic E-state index is 0.0686. The van der Waals surface area contributed by atoms with Gasteiger partial charge in [0.05, 0.1) is 25.4 Å². The molecule has 2 N–H and O–H groups in total. The highest BCUT2D eigenvalue weighted by Gasteiger charge is 2.27. The molecule has 4 aromatic rings. The lowest BCUT2D eigenvalue weighted by Crippen LogP contribution is -2.26. The number of carbonyl (C=O) groups is 1. The number of benzene rings is 2. The van der Waals surface area contributed by atoms with Crippen molar-refractivity contribution < 1.29 is 36.2 Å². The van der Waals surface area contributed by atoms with Gasteiger partial charge in [-0.2, -0.15) is 26.9 Å². The first kappa shape index (κ1) is 27.1. The van der Waals surface area contributed by atoms with Crippen molar-refractivity contribution in [3.63, 3.8) is 0 Å². The summed E-state index contributed by atoms with van der Waals surface area (Å²) in [4.78, 5) is 20.8. The number of rotatable bonds is 9. The van der Waals surface area contributed by atoms with Gasteiger partial charge in [-0.05, 0) is 49.6 Å². The molecule has 0 unspecified atom stereocenters. The van der Waals surface area contributed by atoms with Crippen LogP contribution in [-0.4, -0.2) is 51.4 Å². The Morgan fingerprint density at radius 1 is 1.12 bits per heavy atom. The fourth-order valence-corrected chi connectivity index (χ4v) is 3.96. The van der Waals surface area contributed by atoms with Crippen molar-refractivity contribution in [2.75, 3.05) is 19.0 Å². The van der Waals surface area contributed by atoms with E-state index in [9.17, 15) is 26.7 Å². The van der Waals surface area contributed by atoms with Crippen LogP contribution in [0.2, 0.25) is 0 Å². The second kappa shape index (κ2) is 10.6. The van der Waals surface area contributed by atoms with E-state index in [1.807, 2.05) is 0 Å². The highest BCUT2D eigenvalue weighted by molar-refractivity contribution is 5.96. The quantitative estimate of drug-likeness (QED) is 0.262. The number of nitrogens with zero attached hydrogens (tertiary/aromatic N) is 4. The molecule has 1 aliphatic rings. The van der Waals surface area contributed by atoms with Crippen LogP contribution in [0.4, 0.5) is 27.8 Å². The molecule has 0 aliphatic heterocycles. The van der Waals surface area contributed by atoms with Gasteiger partial charge in [-0.3, -0.25) is 4.79 Å². The number of anilines is 1. The average molecular weight is 562 g/mol. The number of carbonyl (C=O) groups excluding carboxylic acids is 1. The normalized spacial score (nSPS) is 13.4. The number of nitrogens with one attached hydrogen (secondary N) is 2. The Hall–Kier alpha value is -4.49. The number of imidazole rings is 1. The third kappa shape index (κ3) is 5.75. The van der Waals surface area contributed by atoms with Crippen LogP contribution >= 0.6 is 0 Å². The molecular formula is C26H23F5N6O3. The van der Waals surface area contributed by atoms with E-state index in [0.29, 0.717) is 22.4 Å². The Morgan fingerprint density at radius 3 is 2.52 bits per heavy atom. The van der Waals surface area contributed by atoms with E-state index in [0.717, 1.165) is 25.0 Å². The van der Waals surface area contributed by atoms with Gasteiger partial charge < -0.3 is 20.1 Å². The maximum Gasteiger partial charge on any atom is 0.390 e. The molecule has 2 aromatic heterocycles. The van der Waals surface area contributed by atoms with Crippen molar-refractivity contribution in [1.82, 2.24) is 24.9 Å². The number of fused-ring (bicyclic) bond motifs is 1. The third-order valence-corrected chi connectivity index (χ3v) is 6.16. The zero-order valence-electron chi connectivity index (χ0n) is 21.3. The second-order valence-electron chi connectivity index (χ2n) is 9.19. The number of amides is 1. The van der Waals surface area contributed by atoms with Gasteiger partial charge in [-0.1, -0.05) is 6.07 Å². The van der Waals surface area contributed by atoms with Gasteiger partial charge >= 0.3 is 12.2 Å². The summed E-state index contributed by atoms with van der Waals surface area (Å²) in [6.45, 7) is 1.23. The van der Waals surface area contributed by atoms with Gasteiger partial charge in [0.15, 0.2) is 23.0 Å². The van der Waals surface area contributed by atoms with Crippen LogP contribution in [0.3, 0.4) is 0 Å². The first-order valence-electron chi connectivity index (χ1n) is 12.2. The van der Waals surface area contributed by atoms with Crippen LogP contribution < -0.4 is 20.1 Å². The van der Waals surface area contributed by atoms with Crippen molar-refractivity contribution in [2.24, 2.45) is 0 Å². The summed E-state index contributed by atoms with van der Waals surface area (Å²) < 4.78 is 78.5. The summed E-state index contributed by atoms with van der Waals surface area (Å²) >= 11 is 0. The van der Waals surface area contributed by atoms with Gasteiger partial charge in [0.25, 0.3) is 5.91 Å². The van der Waals surface area contributed by atoms with Crippen LogP contribution in [0, 0.1) is 18.6 Å². The molecule has 1 aliphatic carbocycles. The van der Waals surface area contributed by atoms with Crippen LogP contribution in [0.25, 0.3) is 16.9 Å². The third-order valence-electron chi connectivity index (χ3n) is 6.16. The number of hydrogen-bond donors (Lipinski definition) is 2. The van der Waals surface area contributed by atoms with Gasteiger partial charge in [0, 0.05) is 23.7 Å². The lowest BCUT2D eigenvalue weighted by molar-refractivity contribution is -0.131. The SMILES string of the molecule is COc1ccc(Oc2nc(NCCC(F)(F)F)c3ncc(-c4ccc(C(=O)NC5CC5)c(C)c4)n3n2)c(F)c1F. The summed E-state index contributed by atoms with van der Waals surface area (Å²) in [7, 11) is 1.17. The van der Waals surface area contributed by atoms with E-state index in [1.54, 1.807) is 25.1 Å². The molecular weight excluding hydrogens is 539 g/mol. The van der Waals surface area contributed by atoms with Gasteiger partial charge in [-0.25, -0.2) is 9.50 Å². The summed E-state index contributed by atoms with van der Waals surface area (Å²) in [6.07, 6.45) is -2.27. The Morgan fingerprint density at radius 2 is 1.85 bits per heavy atom. The summed E-state index contributed by atoms with van der Waals surface area (Å²) in [5.74, 6) is -3.88. The number of alkyl halides is 3. The number of ether oxygens (including phenoxy) is 2. The molecule has 0 spiro atoms. The molecule has 5 rings (SSSR count). The van der Waals surface area contributed by atoms with E-state index in [-0.39, 0.29) is 29.2 Å². The fourth-order valence-electron chi connectivity index (χ4n) is 3.96. The minimum Gasteiger partial charge on any atom is -0.494 e. The van der Waals surface area contributed by atoms with Crippen LogP contribution in [0.5, 0.6) is 17.5 Å².